The minimum Gasteiger partial charge on any atom is -0.313 e. The summed E-state index contributed by atoms with van der Waals surface area (Å²) >= 11 is 9.55. The van der Waals surface area contributed by atoms with Crippen molar-refractivity contribution in [2.45, 2.75) is 64.3 Å². The lowest BCUT2D eigenvalue weighted by Gasteiger charge is -2.17. The quantitative estimate of drug-likeness (QED) is 0.469. The minimum absolute atomic E-state index is 0.430. The number of rotatable bonds is 10. The fraction of sp³-hybridized carbons (Fsp3) is 0.647. The average molecular weight is 361 g/mol. The van der Waals surface area contributed by atoms with Gasteiger partial charge in [-0.05, 0) is 47.1 Å². The highest BCUT2D eigenvalue weighted by Gasteiger charge is 2.10. The molecule has 114 valence electrons. The monoisotopic (exact) mass is 359 g/mol. The minimum atomic E-state index is 0.430. The van der Waals surface area contributed by atoms with E-state index in [1.165, 1.54) is 56.9 Å². The van der Waals surface area contributed by atoms with Crippen LogP contribution < -0.4 is 5.32 Å². The normalized spacial score (nSPS) is 12.6. The van der Waals surface area contributed by atoms with Gasteiger partial charge < -0.3 is 5.32 Å². The summed E-state index contributed by atoms with van der Waals surface area (Å²) in [7, 11) is 2.04. The van der Waals surface area contributed by atoms with E-state index in [4.69, 9.17) is 11.6 Å². The molecule has 0 aliphatic rings. The molecule has 0 heterocycles. The van der Waals surface area contributed by atoms with Gasteiger partial charge in [0.15, 0.2) is 0 Å². The number of unbranched alkanes of at least 4 members (excludes halogenated alkanes) is 6. The summed E-state index contributed by atoms with van der Waals surface area (Å²) < 4.78 is 0.983. The molecule has 0 fully saturated rings. The molecule has 0 aliphatic heterocycles. The maximum atomic E-state index is 6.05. The Hall–Kier alpha value is -0.0500. The van der Waals surface area contributed by atoms with Crippen LogP contribution in [0.2, 0.25) is 5.02 Å². The SMILES string of the molecule is CCCCCCCCCC(NC)c1ccc(Cl)c(Br)c1. The van der Waals surface area contributed by atoms with Gasteiger partial charge in [0.2, 0.25) is 0 Å². The predicted octanol–water partition coefficient (Wildman–Crippen LogP) is 6.50. The van der Waals surface area contributed by atoms with E-state index in [9.17, 15) is 0 Å². The predicted molar refractivity (Wildman–Crippen MR) is 93.6 cm³/mol. The highest BCUT2D eigenvalue weighted by atomic mass is 79.9. The van der Waals surface area contributed by atoms with Crippen LogP contribution in [0.1, 0.15) is 69.9 Å². The van der Waals surface area contributed by atoms with E-state index in [-0.39, 0.29) is 0 Å². The van der Waals surface area contributed by atoms with E-state index in [2.05, 4.69) is 40.3 Å². The summed E-state index contributed by atoms with van der Waals surface area (Å²) in [5, 5.41) is 4.19. The first-order chi connectivity index (χ1) is 9.69. The highest BCUT2D eigenvalue weighted by Crippen LogP contribution is 2.28. The Morgan fingerprint density at radius 2 is 1.75 bits per heavy atom. The Labute approximate surface area is 137 Å². The van der Waals surface area contributed by atoms with E-state index in [1.54, 1.807) is 0 Å². The molecule has 0 saturated heterocycles. The fourth-order valence-electron chi connectivity index (χ4n) is 2.51. The molecule has 0 aliphatic carbocycles. The standard InChI is InChI=1S/C17H27BrClN/c1-3-4-5-6-7-8-9-10-17(20-2)14-11-12-16(19)15(18)13-14/h11-13,17,20H,3-10H2,1-2H3. The topological polar surface area (TPSA) is 12.0 Å². The van der Waals surface area contributed by atoms with E-state index in [0.717, 1.165) is 9.50 Å². The summed E-state index contributed by atoms with van der Waals surface area (Å²) in [6.45, 7) is 2.27. The van der Waals surface area contributed by atoms with E-state index in [0.29, 0.717) is 6.04 Å². The first kappa shape index (κ1) is 18.0. The van der Waals surface area contributed by atoms with Gasteiger partial charge in [-0.1, -0.05) is 69.5 Å². The van der Waals surface area contributed by atoms with Gasteiger partial charge in [-0.2, -0.15) is 0 Å². The average Bonchev–Trinajstić information content (AvgIpc) is 2.45. The van der Waals surface area contributed by atoms with Crippen LogP contribution in [0.25, 0.3) is 0 Å². The van der Waals surface area contributed by atoms with Gasteiger partial charge in [0.25, 0.3) is 0 Å². The number of hydrogen-bond donors (Lipinski definition) is 1. The van der Waals surface area contributed by atoms with E-state index < -0.39 is 0 Å². The molecule has 1 aromatic rings. The fourth-order valence-corrected chi connectivity index (χ4v) is 3.03. The van der Waals surface area contributed by atoms with Crippen molar-refractivity contribution < 1.29 is 0 Å². The molecule has 0 spiro atoms. The van der Waals surface area contributed by atoms with Gasteiger partial charge in [-0.25, -0.2) is 0 Å². The molecule has 1 nitrogen and oxygen atoms in total. The van der Waals surface area contributed by atoms with E-state index >= 15 is 0 Å². The van der Waals surface area contributed by atoms with Crippen molar-refractivity contribution in [1.82, 2.24) is 5.32 Å². The zero-order valence-corrected chi connectivity index (χ0v) is 15.1. The van der Waals surface area contributed by atoms with Crippen LogP contribution in [-0.4, -0.2) is 7.05 Å². The smallest absolute Gasteiger partial charge is 0.0548 e. The van der Waals surface area contributed by atoms with Crippen molar-refractivity contribution in [3.05, 3.63) is 33.3 Å². The molecule has 0 radical (unpaired) electrons. The number of nitrogens with one attached hydrogen (secondary N) is 1. The van der Waals surface area contributed by atoms with Crippen molar-refractivity contribution in [3.63, 3.8) is 0 Å². The summed E-state index contributed by atoms with van der Waals surface area (Å²) in [6.07, 6.45) is 10.7. The second-order valence-corrected chi connectivity index (χ2v) is 6.69. The summed E-state index contributed by atoms with van der Waals surface area (Å²) in [4.78, 5) is 0. The van der Waals surface area contributed by atoms with Gasteiger partial charge in [-0.15, -0.1) is 0 Å². The molecule has 0 bridgehead atoms. The number of halogens is 2. The molecule has 1 aromatic carbocycles. The van der Waals surface area contributed by atoms with Gasteiger partial charge in [0, 0.05) is 10.5 Å². The first-order valence-corrected chi connectivity index (χ1v) is 8.98. The largest absolute Gasteiger partial charge is 0.313 e. The third kappa shape index (κ3) is 6.60. The Kier molecular flexibility index (Phi) is 9.58. The van der Waals surface area contributed by atoms with Crippen LogP contribution >= 0.6 is 27.5 Å². The summed E-state index contributed by atoms with van der Waals surface area (Å²) in [5.74, 6) is 0. The summed E-state index contributed by atoms with van der Waals surface area (Å²) in [5.41, 5.74) is 1.31. The van der Waals surface area contributed by atoms with Gasteiger partial charge >= 0.3 is 0 Å². The molecular weight excluding hydrogens is 334 g/mol. The van der Waals surface area contributed by atoms with Crippen molar-refractivity contribution in [2.75, 3.05) is 7.05 Å². The lowest BCUT2D eigenvalue weighted by Crippen LogP contribution is -2.16. The second-order valence-electron chi connectivity index (χ2n) is 5.42. The maximum Gasteiger partial charge on any atom is 0.0548 e. The zero-order chi connectivity index (χ0) is 14.8. The van der Waals surface area contributed by atoms with Crippen molar-refractivity contribution in [1.29, 1.82) is 0 Å². The Bertz CT molecular complexity index is 381. The number of hydrogen-bond acceptors (Lipinski definition) is 1. The lowest BCUT2D eigenvalue weighted by atomic mass is 9.99. The first-order valence-electron chi connectivity index (χ1n) is 7.81. The third-order valence-corrected chi connectivity index (χ3v) is 5.00. The maximum absolute atomic E-state index is 6.05. The molecule has 1 unspecified atom stereocenters. The van der Waals surface area contributed by atoms with Crippen LogP contribution in [0.15, 0.2) is 22.7 Å². The van der Waals surface area contributed by atoms with Gasteiger partial charge in [-0.3, -0.25) is 0 Å². The molecular formula is C17H27BrClN. The molecule has 0 aromatic heterocycles. The Balaban J connectivity index is 2.30. The number of benzene rings is 1. The molecule has 20 heavy (non-hydrogen) atoms. The van der Waals surface area contributed by atoms with E-state index in [1.807, 2.05) is 13.1 Å². The molecule has 1 atom stereocenters. The van der Waals surface area contributed by atoms with Crippen LogP contribution in [0, 0.1) is 0 Å². The Morgan fingerprint density at radius 3 is 2.35 bits per heavy atom. The molecule has 1 N–H and O–H groups in total. The highest BCUT2D eigenvalue weighted by molar-refractivity contribution is 9.10. The van der Waals surface area contributed by atoms with Gasteiger partial charge in [0.05, 0.1) is 5.02 Å². The van der Waals surface area contributed by atoms with Crippen molar-refractivity contribution in [3.8, 4) is 0 Å². The van der Waals surface area contributed by atoms with Crippen LogP contribution in [0.3, 0.4) is 0 Å². The van der Waals surface area contributed by atoms with Crippen LogP contribution in [0.5, 0.6) is 0 Å². The second kappa shape index (κ2) is 10.6. The Morgan fingerprint density at radius 1 is 1.10 bits per heavy atom. The molecule has 0 amide bonds. The lowest BCUT2D eigenvalue weighted by molar-refractivity contribution is 0.496. The molecule has 3 heteroatoms. The molecule has 0 saturated carbocycles. The van der Waals surface area contributed by atoms with Crippen molar-refractivity contribution >= 4 is 27.5 Å². The van der Waals surface area contributed by atoms with Crippen LogP contribution in [-0.2, 0) is 0 Å². The third-order valence-electron chi connectivity index (χ3n) is 3.79. The summed E-state index contributed by atoms with van der Waals surface area (Å²) in [6, 6.07) is 6.65. The van der Waals surface area contributed by atoms with Crippen molar-refractivity contribution in [2.24, 2.45) is 0 Å². The van der Waals surface area contributed by atoms with Gasteiger partial charge in [0.1, 0.15) is 0 Å². The zero-order valence-electron chi connectivity index (χ0n) is 12.7. The molecule has 1 rings (SSSR count). The van der Waals surface area contributed by atoms with Crippen LogP contribution in [0.4, 0.5) is 0 Å².